The van der Waals surface area contributed by atoms with Crippen LogP contribution in [0.1, 0.15) is 17.0 Å². The highest BCUT2D eigenvalue weighted by Crippen LogP contribution is 2.45. The van der Waals surface area contributed by atoms with Gasteiger partial charge < -0.3 is 4.74 Å². The fraction of sp³-hybridized carbons (Fsp3) is 0.0500. The van der Waals surface area contributed by atoms with Gasteiger partial charge in [-0.25, -0.2) is 0 Å². The summed E-state index contributed by atoms with van der Waals surface area (Å²) in [7, 11) is 0. The van der Waals surface area contributed by atoms with Crippen molar-refractivity contribution in [3.8, 4) is 16.9 Å². The van der Waals surface area contributed by atoms with Crippen LogP contribution in [0.3, 0.4) is 0 Å². The first-order valence-electron chi connectivity index (χ1n) is 7.29. The predicted octanol–water partition coefficient (Wildman–Crippen LogP) is 4.40. The molecule has 0 spiro atoms. The van der Waals surface area contributed by atoms with Crippen LogP contribution in [0.5, 0.6) is 5.75 Å². The van der Waals surface area contributed by atoms with E-state index >= 15 is 0 Å². The molecule has 22 heavy (non-hydrogen) atoms. The van der Waals surface area contributed by atoms with Crippen molar-refractivity contribution in [3.63, 3.8) is 0 Å². The molecule has 0 heterocycles. The highest BCUT2D eigenvalue weighted by atomic mass is 16.5. The molecule has 0 N–H and O–H groups in total. The number of hydrogen-bond acceptors (Lipinski definition) is 2. The minimum absolute atomic E-state index is 0.233. The summed E-state index contributed by atoms with van der Waals surface area (Å²) in [5.41, 5.74) is 4.27. The maximum Gasteiger partial charge on any atom is 0.323 e. The van der Waals surface area contributed by atoms with Gasteiger partial charge in [-0.3, -0.25) is 4.79 Å². The first-order valence-corrected chi connectivity index (χ1v) is 7.29. The molecule has 0 saturated heterocycles. The lowest BCUT2D eigenvalue weighted by molar-refractivity contribution is -0.135. The Bertz CT molecular complexity index is 792. The molecule has 3 aromatic carbocycles. The molecule has 1 aliphatic rings. The van der Waals surface area contributed by atoms with E-state index in [1.165, 1.54) is 0 Å². The zero-order valence-corrected chi connectivity index (χ0v) is 11.9. The van der Waals surface area contributed by atoms with Crippen LogP contribution in [0, 0.1) is 0 Å². The van der Waals surface area contributed by atoms with E-state index in [9.17, 15) is 4.79 Å². The highest BCUT2D eigenvalue weighted by molar-refractivity contribution is 5.94. The van der Waals surface area contributed by atoms with E-state index in [1.54, 1.807) is 12.1 Å². The number of hydrogen-bond donors (Lipinski definition) is 0. The monoisotopic (exact) mass is 286 g/mol. The number of ether oxygens (including phenoxy) is 1. The van der Waals surface area contributed by atoms with Gasteiger partial charge in [-0.15, -0.1) is 0 Å². The smallest absolute Gasteiger partial charge is 0.323 e. The summed E-state index contributed by atoms with van der Waals surface area (Å²) >= 11 is 0. The molecule has 0 aliphatic heterocycles. The topological polar surface area (TPSA) is 26.3 Å². The number of carbonyl (C=O) groups is 1. The molecular weight excluding hydrogens is 272 g/mol. The molecule has 2 heteroatoms. The second-order valence-corrected chi connectivity index (χ2v) is 5.34. The summed E-state index contributed by atoms with van der Waals surface area (Å²) in [4.78, 5) is 12.7. The Morgan fingerprint density at radius 1 is 0.682 bits per heavy atom. The molecule has 0 saturated carbocycles. The van der Waals surface area contributed by atoms with Crippen molar-refractivity contribution in [1.82, 2.24) is 0 Å². The Hall–Kier alpha value is -2.87. The molecule has 0 amide bonds. The Morgan fingerprint density at radius 2 is 1.18 bits per heavy atom. The average molecular weight is 286 g/mol. The van der Waals surface area contributed by atoms with Gasteiger partial charge in [0.1, 0.15) is 11.7 Å². The Morgan fingerprint density at radius 3 is 1.77 bits per heavy atom. The van der Waals surface area contributed by atoms with Gasteiger partial charge in [0, 0.05) is 0 Å². The van der Waals surface area contributed by atoms with E-state index in [-0.39, 0.29) is 11.9 Å². The second-order valence-electron chi connectivity index (χ2n) is 5.34. The van der Waals surface area contributed by atoms with E-state index in [2.05, 4.69) is 12.1 Å². The van der Waals surface area contributed by atoms with Crippen LogP contribution in [0.2, 0.25) is 0 Å². The van der Waals surface area contributed by atoms with Crippen LogP contribution in [0.4, 0.5) is 0 Å². The van der Waals surface area contributed by atoms with Crippen molar-refractivity contribution in [1.29, 1.82) is 0 Å². The lowest BCUT2D eigenvalue weighted by atomic mass is 9.97. The van der Waals surface area contributed by atoms with E-state index in [4.69, 9.17) is 4.74 Å². The molecule has 0 atom stereocenters. The number of benzene rings is 3. The molecule has 4 rings (SSSR count). The van der Waals surface area contributed by atoms with Crippen molar-refractivity contribution in [2.45, 2.75) is 5.92 Å². The molecule has 106 valence electrons. The van der Waals surface area contributed by atoms with Gasteiger partial charge in [-0.1, -0.05) is 66.7 Å². The van der Waals surface area contributed by atoms with Gasteiger partial charge in [0.05, 0.1) is 0 Å². The van der Waals surface area contributed by atoms with Gasteiger partial charge >= 0.3 is 5.97 Å². The normalized spacial score (nSPS) is 12.5. The molecule has 0 fully saturated rings. The quantitative estimate of drug-likeness (QED) is 0.515. The molecule has 1 aliphatic carbocycles. The van der Waals surface area contributed by atoms with Gasteiger partial charge in [0.2, 0.25) is 0 Å². The molecule has 0 radical (unpaired) electrons. The summed E-state index contributed by atoms with van der Waals surface area (Å²) < 4.78 is 5.57. The van der Waals surface area contributed by atoms with Crippen molar-refractivity contribution in [3.05, 3.63) is 90.0 Å². The molecule has 0 bridgehead atoms. The molecular formula is C20H14O2. The van der Waals surface area contributed by atoms with Crippen LogP contribution in [-0.2, 0) is 4.79 Å². The van der Waals surface area contributed by atoms with E-state index < -0.39 is 0 Å². The summed E-state index contributed by atoms with van der Waals surface area (Å²) in [6.45, 7) is 0. The minimum Gasteiger partial charge on any atom is -0.426 e. The molecule has 0 aromatic heterocycles. The number of rotatable bonds is 2. The lowest BCUT2D eigenvalue weighted by Crippen LogP contribution is -2.18. The largest absolute Gasteiger partial charge is 0.426 e. The first kappa shape index (κ1) is 12.8. The number of fused-ring (bicyclic) bond motifs is 3. The lowest BCUT2D eigenvalue weighted by Gasteiger charge is -2.12. The van der Waals surface area contributed by atoms with Crippen molar-refractivity contribution < 1.29 is 9.53 Å². The molecule has 0 unspecified atom stereocenters. The second kappa shape index (κ2) is 5.15. The summed E-state index contributed by atoms with van der Waals surface area (Å²) in [5.74, 6) is -0.00873. The van der Waals surface area contributed by atoms with Crippen LogP contribution in [0.25, 0.3) is 11.1 Å². The third-order valence-electron chi connectivity index (χ3n) is 4.03. The van der Waals surface area contributed by atoms with Crippen molar-refractivity contribution in [2.24, 2.45) is 0 Å². The molecule has 2 nitrogen and oxygen atoms in total. The van der Waals surface area contributed by atoms with Crippen LogP contribution in [-0.4, -0.2) is 5.97 Å². The van der Waals surface area contributed by atoms with E-state index in [1.807, 2.05) is 54.6 Å². The van der Waals surface area contributed by atoms with E-state index in [0.29, 0.717) is 5.75 Å². The first-order chi connectivity index (χ1) is 10.8. The summed E-state index contributed by atoms with van der Waals surface area (Å²) in [5, 5.41) is 0. The number of para-hydroxylation sites is 1. The van der Waals surface area contributed by atoms with Crippen LogP contribution < -0.4 is 4.74 Å². The SMILES string of the molecule is O=C(Oc1ccccc1)C1c2ccccc2-c2ccccc21. The maximum atomic E-state index is 12.7. The zero-order chi connectivity index (χ0) is 14.9. The van der Waals surface area contributed by atoms with Gasteiger partial charge in [-0.05, 0) is 34.4 Å². The Kier molecular flexibility index (Phi) is 3.01. The summed E-state index contributed by atoms with van der Waals surface area (Å²) in [6.07, 6.45) is 0. The Balaban J connectivity index is 1.77. The fourth-order valence-corrected chi connectivity index (χ4v) is 3.07. The average Bonchev–Trinajstić information content (AvgIpc) is 2.90. The number of esters is 1. The Labute approximate surface area is 129 Å². The number of carbonyl (C=O) groups excluding carboxylic acids is 1. The van der Waals surface area contributed by atoms with Gasteiger partial charge in [0.25, 0.3) is 0 Å². The van der Waals surface area contributed by atoms with Gasteiger partial charge in [0.15, 0.2) is 0 Å². The van der Waals surface area contributed by atoms with Crippen molar-refractivity contribution >= 4 is 5.97 Å². The van der Waals surface area contributed by atoms with E-state index in [0.717, 1.165) is 22.3 Å². The maximum absolute atomic E-state index is 12.7. The standard InChI is InChI=1S/C20H14O2/c21-20(22-14-8-2-1-3-9-14)19-17-12-6-4-10-15(17)16-11-5-7-13-18(16)19/h1-13,19H. The molecule has 3 aromatic rings. The summed E-state index contributed by atoms with van der Waals surface area (Å²) in [6, 6.07) is 25.3. The minimum atomic E-state index is -0.354. The van der Waals surface area contributed by atoms with Gasteiger partial charge in [-0.2, -0.15) is 0 Å². The zero-order valence-electron chi connectivity index (χ0n) is 11.9. The fourth-order valence-electron chi connectivity index (χ4n) is 3.07. The highest BCUT2D eigenvalue weighted by Gasteiger charge is 2.34. The van der Waals surface area contributed by atoms with Crippen LogP contribution >= 0.6 is 0 Å². The predicted molar refractivity (Wildman–Crippen MR) is 85.8 cm³/mol. The third-order valence-corrected chi connectivity index (χ3v) is 4.03. The third kappa shape index (κ3) is 2.01. The van der Waals surface area contributed by atoms with Crippen molar-refractivity contribution in [2.75, 3.05) is 0 Å². The van der Waals surface area contributed by atoms with Crippen LogP contribution in [0.15, 0.2) is 78.9 Å².